The van der Waals surface area contributed by atoms with Gasteiger partial charge in [0.25, 0.3) is 0 Å². The number of anilines is 3. The first kappa shape index (κ1) is 21.2. The number of rotatable bonds is 8. The summed E-state index contributed by atoms with van der Waals surface area (Å²) in [5.74, 6) is 0.857. The number of benzene rings is 1. The molecule has 0 aliphatic carbocycles. The van der Waals surface area contributed by atoms with Gasteiger partial charge in [0.1, 0.15) is 23.4 Å². The number of hydrogen-bond acceptors (Lipinski definition) is 9. The van der Waals surface area contributed by atoms with E-state index in [1.54, 1.807) is 24.4 Å². The highest BCUT2D eigenvalue weighted by molar-refractivity contribution is 7.92. The van der Waals surface area contributed by atoms with E-state index in [4.69, 9.17) is 10.5 Å². The topological polar surface area (TPSA) is 121 Å². The highest BCUT2D eigenvalue weighted by Gasteiger charge is 2.22. The van der Waals surface area contributed by atoms with E-state index in [9.17, 15) is 8.68 Å². The third-order valence-electron chi connectivity index (χ3n) is 4.58. The van der Waals surface area contributed by atoms with Crippen molar-refractivity contribution >= 4 is 35.9 Å². The van der Waals surface area contributed by atoms with Gasteiger partial charge < -0.3 is 15.8 Å². The standard InChI is InChI=1S/C21H18FN7O2S/c1-13(17-4-2-3-7-25-17)31-18-10-14(5-6-16(18)23)20-15(12-30)21(29(28-20)32-22)27-19-11-24-8-9-26-19/h2-13H,23H2,1H3,(H,26,27). The van der Waals surface area contributed by atoms with Crippen LogP contribution in [0.3, 0.4) is 0 Å². The Morgan fingerprint density at radius 1 is 1.22 bits per heavy atom. The van der Waals surface area contributed by atoms with Crippen LogP contribution in [0.25, 0.3) is 11.3 Å². The molecule has 0 bridgehead atoms. The molecule has 0 saturated heterocycles. The molecule has 0 spiro atoms. The molecule has 4 aromatic rings. The van der Waals surface area contributed by atoms with Gasteiger partial charge in [0, 0.05) is 24.2 Å². The number of carbonyl (C=O) groups is 1. The predicted octanol–water partition coefficient (Wildman–Crippen LogP) is 4.39. The van der Waals surface area contributed by atoms with E-state index in [1.807, 2.05) is 25.1 Å². The number of aldehydes is 1. The first-order chi connectivity index (χ1) is 15.6. The lowest BCUT2D eigenvalue weighted by Crippen LogP contribution is -2.06. The smallest absolute Gasteiger partial charge is 0.189 e. The Balaban J connectivity index is 1.70. The Kier molecular flexibility index (Phi) is 6.26. The lowest BCUT2D eigenvalue weighted by atomic mass is 10.1. The maximum Gasteiger partial charge on any atom is 0.189 e. The van der Waals surface area contributed by atoms with Crippen molar-refractivity contribution in [3.05, 3.63) is 72.4 Å². The zero-order valence-electron chi connectivity index (χ0n) is 16.8. The van der Waals surface area contributed by atoms with E-state index >= 15 is 0 Å². The maximum absolute atomic E-state index is 13.6. The lowest BCUT2D eigenvalue weighted by Gasteiger charge is -2.16. The molecular formula is C21H18FN7O2S. The summed E-state index contributed by atoms with van der Waals surface area (Å²) in [7, 11) is 0. The number of aromatic nitrogens is 5. The van der Waals surface area contributed by atoms with Crippen LogP contribution in [0.5, 0.6) is 5.75 Å². The number of nitrogens with zero attached hydrogens (tertiary/aromatic N) is 5. The molecule has 3 heterocycles. The van der Waals surface area contributed by atoms with Crippen molar-refractivity contribution in [2.75, 3.05) is 11.1 Å². The molecular weight excluding hydrogens is 433 g/mol. The highest BCUT2D eigenvalue weighted by atomic mass is 32.2. The first-order valence-electron chi connectivity index (χ1n) is 9.48. The number of nitrogen functional groups attached to an aromatic ring is 1. The van der Waals surface area contributed by atoms with Crippen LogP contribution in [0.1, 0.15) is 29.1 Å². The van der Waals surface area contributed by atoms with Crippen molar-refractivity contribution in [1.29, 1.82) is 0 Å². The fourth-order valence-corrected chi connectivity index (χ4v) is 3.36. The second-order valence-corrected chi connectivity index (χ2v) is 7.14. The van der Waals surface area contributed by atoms with Gasteiger partial charge in [-0.3, -0.25) is 14.8 Å². The molecule has 0 aliphatic heterocycles. The van der Waals surface area contributed by atoms with Crippen molar-refractivity contribution in [3.63, 3.8) is 0 Å². The molecule has 11 heteroatoms. The highest BCUT2D eigenvalue weighted by Crippen LogP contribution is 2.36. The van der Waals surface area contributed by atoms with Crippen LogP contribution in [0, 0.1) is 0 Å². The van der Waals surface area contributed by atoms with Crippen LogP contribution in [0.4, 0.5) is 21.2 Å². The van der Waals surface area contributed by atoms with Crippen molar-refractivity contribution in [1.82, 2.24) is 24.1 Å². The molecule has 1 aromatic carbocycles. The molecule has 4 rings (SSSR count). The molecule has 0 fully saturated rings. The monoisotopic (exact) mass is 451 g/mol. The van der Waals surface area contributed by atoms with E-state index < -0.39 is 0 Å². The third-order valence-corrected chi connectivity index (χ3v) is 4.98. The zero-order valence-corrected chi connectivity index (χ0v) is 17.7. The van der Waals surface area contributed by atoms with Gasteiger partial charge in [-0.15, -0.1) is 3.89 Å². The minimum Gasteiger partial charge on any atom is -0.482 e. The Morgan fingerprint density at radius 2 is 2.09 bits per heavy atom. The number of halogens is 1. The summed E-state index contributed by atoms with van der Waals surface area (Å²) in [6.07, 6.45) is 6.33. The van der Waals surface area contributed by atoms with Crippen LogP contribution in [-0.4, -0.2) is 30.4 Å². The Morgan fingerprint density at radius 3 is 2.78 bits per heavy atom. The van der Waals surface area contributed by atoms with Gasteiger partial charge in [0.05, 0.1) is 23.1 Å². The zero-order chi connectivity index (χ0) is 22.5. The summed E-state index contributed by atoms with van der Waals surface area (Å²) in [5.41, 5.74) is 8.17. The molecule has 32 heavy (non-hydrogen) atoms. The Hall–Kier alpha value is -3.99. The number of nitrogens with two attached hydrogens (primary N) is 1. The predicted molar refractivity (Wildman–Crippen MR) is 120 cm³/mol. The fourth-order valence-electron chi connectivity index (χ4n) is 3.04. The van der Waals surface area contributed by atoms with E-state index in [-0.39, 0.29) is 35.5 Å². The molecule has 0 radical (unpaired) electrons. The summed E-state index contributed by atoms with van der Waals surface area (Å²) in [6, 6.07) is 10.5. The van der Waals surface area contributed by atoms with Crippen LogP contribution in [0.2, 0.25) is 0 Å². The van der Waals surface area contributed by atoms with E-state index in [2.05, 4.69) is 25.4 Å². The normalized spacial score (nSPS) is 11.7. The van der Waals surface area contributed by atoms with Crippen LogP contribution in [0.15, 0.2) is 61.2 Å². The maximum atomic E-state index is 13.6. The van der Waals surface area contributed by atoms with Crippen molar-refractivity contribution in [2.45, 2.75) is 13.0 Å². The molecule has 0 aliphatic rings. The van der Waals surface area contributed by atoms with E-state index in [0.29, 0.717) is 29.1 Å². The summed E-state index contributed by atoms with van der Waals surface area (Å²) < 4.78 is 20.6. The molecule has 1 atom stereocenters. The van der Waals surface area contributed by atoms with Gasteiger partial charge in [-0.2, -0.15) is 9.19 Å². The molecule has 0 amide bonds. The SMILES string of the molecule is CC(Oc1cc(-c2nn(SF)c(Nc3cnccn3)c2C=O)ccc1N)c1ccccn1. The van der Waals surface area contributed by atoms with Crippen LogP contribution in [-0.2, 0) is 0 Å². The van der Waals surface area contributed by atoms with Crippen molar-refractivity contribution in [3.8, 4) is 17.0 Å². The summed E-state index contributed by atoms with van der Waals surface area (Å²) >= 11 is -0.153. The van der Waals surface area contributed by atoms with E-state index in [0.717, 1.165) is 9.78 Å². The molecule has 162 valence electrons. The van der Waals surface area contributed by atoms with E-state index in [1.165, 1.54) is 18.6 Å². The van der Waals surface area contributed by atoms with Crippen molar-refractivity contribution < 1.29 is 13.4 Å². The summed E-state index contributed by atoms with van der Waals surface area (Å²) in [6.45, 7) is 1.85. The number of carbonyl (C=O) groups excluding carboxylic acids is 1. The number of pyridine rings is 1. The van der Waals surface area contributed by atoms with Gasteiger partial charge in [-0.05, 0) is 31.2 Å². The Labute approximate surface area is 187 Å². The van der Waals surface area contributed by atoms with Gasteiger partial charge >= 0.3 is 0 Å². The van der Waals surface area contributed by atoms with Gasteiger partial charge in [0.2, 0.25) is 0 Å². The average molecular weight is 451 g/mol. The minimum atomic E-state index is -0.368. The molecule has 3 aromatic heterocycles. The summed E-state index contributed by atoms with van der Waals surface area (Å²) in [5, 5.41) is 7.11. The van der Waals surface area contributed by atoms with Gasteiger partial charge in [0.15, 0.2) is 24.4 Å². The largest absolute Gasteiger partial charge is 0.482 e. The first-order valence-corrected chi connectivity index (χ1v) is 10.2. The Bertz CT molecular complexity index is 1220. The second kappa shape index (κ2) is 9.43. The molecule has 3 N–H and O–H groups in total. The van der Waals surface area contributed by atoms with Crippen molar-refractivity contribution in [2.24, 2.45) is 0 Å². The molecule has 0 saturated carbocycles. The number of ether oxygens (including phenoxy) is 1. The lowest BCUT2D eigenvalue weighted by molar-refractivity contribution is 0.112. The third kappa shape index (κ3) is 4.37. The van der Waals surface area contributed by atoms with Crippen LogP contribution >= 0.6 is 12.3 Å². The minimum absolute atomic E-state index is 0.129. The number of hydrogen-bond donors (Lipinski definition) is 2. The van der Waals surface area contributed by atoms with Crippen LogP contribution < -0.4 is 15.8 Å². The molecule has 9 nitrogen and oxygen atoms in total. The molecule has 1 unspecified atom stereocenters. The second-order valence-electron chi connectivity index (χ2n) is 6.65. The average Bonchev–Trinajstić information content (AvgIpc) is 3.19. The fraction of sp³-hybridized carbons (Fsp3) is 0.0952. The number of nitrogens with one attached hydrogen (secondary N) is 1. The quantitative estimate of drug-likeness (QED) is 0.297. The van der Waals surface area contributed by atoms with Gasteiger partial charge in [-0.1, -0.05) is 12.1 Å². The van der Waals surface area contributed by atoms with Gasteiger partial charge in [-0.25, -0.2) is 4.98 Å². The summed E-state index contributed by atoms with van der Waals surface area (Å²) in [4.78, 5) is 24.3.